The number of amides is 2. The zero-order valence-corrected chi connectivity index (χ0v) is 16.2. The van der Waals surface area contributed by atoms with Crippen LogP contribution in [0.1, 0.15) is 36.5 Å². The van der Waals surface area contributed by atoms with Gasteiger partial charge in [0.05, 0.1) is 0 Å². The molecule has 7 nitrogen and oxygen atoms in total. The van der Waals surface area contributed by atoms with E-state index in [1.165, 1.54) is 6.92 Å². The molecule has 1 fully saturated rings. The number of ether oxygens (including phenoxy) is 1. The molecule has 1 saturated heterocycles. The minimum Gasteiger partial charge on any atom is -0.483 e. The van der Waals surface area contributed by atoms with Gasteiger partial charge in [0.25, 0.3) is 5.91 Å². The highest BCUT2D eigenvalue weighted by atomic mass is 16.5. The third-order valence-corrected chi connectivity index (χ3v) is 5.64. The van der Waals surface area contributed by atoms with Crippen LogP contribution in [-0.4, -0.2) is 42.5 Å². The fourth-order valence-corrected chi connectivity index (χ4v) is 4.24. The maximum absolute atomic E-state index is 12.4. The first-order valence-electron chi connectivity index (χ1n) is 9.70. The number of fused-ring (bicyclic) bond motifs is 3. The lowest BCUT2D eigenvalue weighted by Gasteiger charge is -2.18. The molecule has 7 heteroatoms. The third kappa shape index (κ3) is 3.37. The van der Waals surface area contributed by atoms with Crippen molar-refractivity contribution in [1.82, 2.24) is 10.2 Å². The van der Waals surface area contributed by atoms with Crippen molar-refractivity contribution in [2.75, 3.05) is 19.7 Å². The van der Waals surface area contributed by atoms with Gasteiger partial charge in [0.2, 0.25) is 5.91 Å². The highest BCUT2D eigenvalue weighted by Gasteiger charge is 2.27. The summed E-state index contributed by atoms with van der Waals surface area (Å²) in [5.41, 5.74) is 2.88. The van der Waals surface area contributed by atoms with E-state index >= 15 is 0 Å². The van der Waals surface area contributed by atoms with Gasteiger partial charge in [0, 0.05) is 42.6 Å². The summed E-state index contributed by atoms with van der Waals surface area (Å²) >= 11 is 0. The lowest BCUT2D eigenvalue weighted by Crippen LogP contribution is -2.38. The number of carbonyl (C=O) groups is 2. The quantitative estimate of drug-likeness (QED) is 0.811. The van der Waals surface area contributed by atoms with E-state index in [0.29, 0.717) is 24.4 Å². The monoisotopic (exact) mass is 384 g/mol. The summed E-state index contributed by atoms with van der Waals surface area (Å²) in [4.78, 5) is 37.5. The van der Waals surface area contributed by atoms with Gasteiger partial charge in [-0.15, -0.1) is 0 Å². The number of rotatable bonds is 4. The van der Waals surface area contributed by atoms with Crippen LogP contribution in [0.5, 0.6) is 5.75 Å². The van der Waals surface area contributed by atoms with Crippen LogP contribution in [0.15, 0.2) is 21.3 Å². The molecule has 148 valence electrons. The Balaban J connectivity index is 1.48. The molecule has 4 rings (SSSR count). The molecule has 1 aliphatic carbocycles. The maximum atomic E-state index is 12.4. The molecule has 1 aromatic carbocycles. The van der Waals surface area contributed by atoms with Crippen LogP contribution in [-0.2, 0) is 22.4 Å². The zero-order chi connectivity index (χ0) is 19.8. The Labute approximate surface area is 162 Å². The van der Waals surface area contributed by atoms with Crippen molar-refractivity contribution in [3.8, 4) is 5.75 Å². The average molecular weight is 384 g/mol. The molecule has 0 radical (unpaired) electrons. The minimum atomic E-state index is -0.266. The fourth-order valence-electron chi connectivity index (χ4n) is 4.24. The first-order valence-corrected chi connectivity index (χ1v) is 9.70. The summed E-state index contributed by atoms with van der Waals surface area (Å²) in [6, 6.07) is 3.76. The van der Waals surface area contributed by atoms with Crippen molar-refractivity contribution in [3.05, 3.63) is 39.2 Å². The van der Waals surface area contributed by atoms with E-state index in [0.717, 1.165) is 47.8 Å². The van der Waals surface area contributed by atoms with Crippen molar-refractivity contribution in [2.24, 2.45) is 0 Å². The van der Waals surface area contributed by atoms with E-state index in [9.17, 15) is 14.4 Å². The SMILES string of the molecule is CC(=O)NC1CCN(C(=O)COc2ccc3c4c(c(=O)oc3c2C)CCC4)C1. The molecule has 1 aliphatic heterocycles. The molecule has 0 bridgehead atoms. The fraction of sp³-hybridized carbons (Fsp3) is 0.476. The second-order valence-corrected chi connectivity index (χ2v) is 7.58. The molecule has 1 atom stereocenters. The lowest BCUT2D eigenvalue weighted by atomic mass is 10.0. The van der Waals surface area contributed by atoms with Crippen molar-refractivity contribution in [3.63, 3.8) is 0 Å². The number of aryl methyl sites for hydroxylation is 2. The summed E-state index contributed by atoms with van der Waals surface area (Å²) in [5, 5.41) is 3.80. The highest BCUT2D eigenvalue weighted by Crippen LogP contribution is 2.33. The molecule has 2 aromatic rings. The summed E-state index contributed by atoms with van der Waals surface area (Å²) in [7, 11) is 0. The molecule has 2 aliphatic rings. The molecular weight excluding hydrogens is 360 g/mol. The smallest absolute Gasteiger partial charge is 0.339 e. The first-order chi connectivity index (χ1) is 13.4. The number of carbonyl (C=O) groups excluding carboxylic acids is 2. The largest absolute Gasteiger partial charge is 0.483 e. The summed E-state index contributed by atoms with van der Waals surface area (Å²) in [6.07, 6.45) is 3.38. The van der Waals surface area contributed by atoms with Gasteiger partial charge in [0.1, 0.15) is 11.3 Å². The van der Waals surface area contributed by atoms with Gasteiger partial charge < -0.3 is 19.4 Å². The van der Waals surface area contributed by atoms with Gasteiger partial charge in [-0.1, -0.05) is 0 Å². The second kappa shape index (κ2) is 7.30. The number of likely N-dealkylation sites (tertiary alicyclic amines) is 1. The van der Waals surface area contributed by atoms with E-state index in [-0.39, 0.29) is 30.1 Å². The molecule has 1 unspecified atom stereocenters. The predicted molar refractivity (Wildman–Crippen MR) is 104 cm³/mol. The topological polar surface area (TPSA) is 88.9 Å². The average Bonchev–Trinajstić information content (AvgIpc) is 3.31. The zero-order valence-electron chi connectivity index (χ0n) is 16.2. The van der Waals surface area contributed by atoms with Gasteiger partial charge in [-0.05, 0) is 50.3 Å². The molecule has 1 aromatic heterocycles. The second-order valence-electron chi connectivity index (χ2n) is 7.58. The molecule has 0 spiro atoms. The Morgan fingerprint density at radius 2 is 2.07 bits per heavy atom. The van der Waals surface area contributed by atoms with Gasteiger partial charge in [-0.3, -0.25) is 9.59 Å². The number of hydrogen-bond donors (Lipinski definition) is 1. The minimum absolute atomic E-state index is 0.000209. The molecule has 28 heavy (non-hydrogen) atoms. The first kappa shape index (κ1) is 18.5. The standard InChI is InChI=1S/C21H24N2O5/c1-12-18(27-11-19(25)23-9-8-14(10-23)22-13(2)24)7-6-16-15-4-3-5-17(15)21(26)28-20(12)16/h6-7,14H,3-5,8-11H2,1-2H3,(H,22,24). The van der Waals surface area contributed by atoms with Crippen LogP contribution >= 0.6 is 0 Å². The van der Waals surface area contributed by atoms with E-state index in [2.05, 4.69) is 5.32 Å². The Bertz CT molecular complexity index is 1010. The Hall–Kier alpha value is -2.83. The lowest BCUT2D eigenvalue weighted by molar-refractivity contribution is -0.132. The molecule has 0 saturated carbocycles. The Morgan fingerprint density at radius 1 is 1.29 bits per heavy atom. The normalized spacial score (nSPS) is 18.4. The van der Waals surface area contributed by atoms with E-state index in [1.807, 2.05) is 19.1 Å². The molecular formula is C21H24N2O5. The number of nitrogens with zero attached hydrogens (tertiary/aromatic N) is 1. The molecule has 2 amide bonds. The Kier molecular flexibility index (Phi) is 4.83. The van der Waals surface area contributed by atoms with Gasteiger partial charge >= 0.3 is 5.63 Å². The van der Waals surface area contributed by atoms with E-state index < -0.39 is 0 Å². The third-order valence-electron chi connectivity index (χ3n) is 5.64. The van der Waals surface area contributed by atoms with Gasteiger partial charge in [-0.2, -0.15) is 0 Å². The van der Waals surface area contributed by atoms with Crippen molar-refractivity contribution >= 4 is 22.8 Å². The van der Waals surface area contributed by atoms with E-state index in [1.54, 1.807) is 4.90 Å². The number of nitrogens with one attached hydrogen (secondary N) is 1. The summed E-state index contributed by atoms with van der Waals surface area (Å²) in [6.45, 7) is 4.33. The predicted octanol–water partition coefficient (Wildman–Crippen LogP) is 1.71. The van der Waals surface area contributed by atoms with Crippen molar-refractivity contribution < 1.29 is 18.7 Å². The van der Waals surface area contributed by atoms with Crippen molar-refractivity contribution in [2.45, 2.75) is 45.6 Å². The van der Waals surface area contributed by atoms with Crippen LogP contribution < -0.4 is 15.7 Å². The van der Waals surface area contributed by atoms with Crippen LogP contribution in [0.3, 0.4) is 0 Å². The van der Waals surface area contributed by atoms with E-state index in [4.69, 9.17) is 9.15 Å². The van der Waals surface area contributed by atoms with Crippen LogP contribution in [0.2, 0.25) is 0 Å². The van der Waals surface area contributed by atoms with Gasteiger partial charge in [-0.25, -0.2) is 4.79 Å². The number of benzene rings is 1. The molecule has 2 heterocycles. The highest BCUT2D eigenvalue weighted by molar-refractivity contribution is 5.86. The Morgan fingerprint density at radius 3 is 2.86 bits per heavy atom. The van der Waals surface area contributed by atoms with Crippen LogP contribution in [0.4, 0.5) is 0 Å². The number of hydrogen-bond acceptors (Lipinski definition) is 5. The molecule has 1 N–H and O–H groups in total. The van der Waals surface area contributed by atoms with Gasteiger partial charge in [0.15, 0.2) is 6.61 Å². The summed E-state index contributed by atoms with van der Waals surface area (Å²) in [5.74, 6) is 0.331. The van der Waals surface area contributed by atoms with Crippen LogP contribution in [0.25, 0.3) is 11.0 Å². The maximum Gasteiger partial charge on any atom is 0.339 e. The van der Waals surface area contributed by atoms with Crippen molar-refractivity contribution in [1.29, 1.82) is 0 Å². The van der Waals surface area contributed by atoms with Crippen LogP contribution in [0, 0.1) is 6.92 Å². The summed E-state index contributed by atoms with van der Waals surface area (Å²) < 4.78 is 11.3.